The number of benzene rings is 1. The number of amides is 2. The first-order valence-corrected chi connectivity index (χ1v) is 7.61. The third kappa shape index (κ3) is 4.03. The topological polar surface area (TPSA) is 101 Å². The van der Waals surface area contributed by atoms with Gasteiger partial charge in [-0.1, -0.05) is 22.0 Å². The molecule has 1 fully saturated rings. The molecule has 7 heteroatoms. The molecule has 1 aliphatic rings. The third-order valence-corrected chi connectivity index (χ3v) is 4.49. The molecule has 0 saturated carbocycles. The lowest BCUT2D eigenvalue weighted by Gasteiger charge is -2.31. The Labute approximate surface area is 131 Å². The second kappa shape index (κ2) is 7.02. The Morgan fingerprint density at radius 2 is 2.19 bits per heavy atom. The number of hydrogen-bond donors (Lipinski definition) is 3. The second-order valence-electron chi connectivity index (χ2n) is 5.26. The van der Waals surface area contributed by atoms with Gasteiger partial charge in [0.1, 0.15) is 0 Å². The first-order chi connectivity index (χ1) is 10.0. The molecule has 0 radical (unpaired) electrons. The predicted octanol–water partition coefficient (Wildman–Crippen LogP) is 0.750. The van der Waals surface area contributed by atoms with Gasteiger partial charge in [0.15, 0.2) is 0 Å². The molecule has 1 aromatic carbocycles. The van der Waals surface area contributed by atoms with Crippen molar-refractivity contribution in [2.45, 2.75) is 19.4 Å². The minimum Gasteiger partial charge on any atom is -0.369 e. The maximum absolute atomic E-state index is 11.5. The van der Waals surface area contributed by atoms with E-state index in [1.54, 1.807) is 12.1 Å². The van der Waals surface area contributed by atoms with Crippen LogP contribution in [0.2, 0.25) is 0 Å². The lowest BCUT2D eigenvalue weighted by Crippen LogP contribution is -2.40. The minimum atomic E-state index is -0.325. The fourth-order valence-corrected chi connectivity index (χ4v) is 3.08. The first-order valence-electron chi connectivity index (χ1n) is 6.82. The molecule has 0 aromatic heterocycles. The number of nitrogens with one attached hydrogen (secondary N) is 1. The average Bonchev–Trinajstić information content (AvgIpc) is 2.48. The Balaban J connectivity index is 2.06. The third-order valence-electron chi connectivity index (χ3n) is 3.75. The highest BCUT2D eigenvalue weighted by Gasteiger charge is 2.24. The molecule has 2 amide bonds. The van der Waals surface area contributed by atoms with Crippen LogP contribution >= 0.6 is 15.9 Å². The molecule has 6 nitrogen and oxygen atoms in total. The number of hydrogen-bond acceptors (Lipinski definition) is 4. The summed E-state index contributed by atoms with van der Waals surface area (Å²) in [5.74, 6) is 4.50. The Kier molecular flexibility index (Phi) is 5.33. The van der Waals surface area contributed by atoms with E-state index in [-0.39, 0.29) is 17.7 Å². The van der Waals surface area contributed by atoms with E-state index in [4.69, 9.17) is 11.6 Å². The Morgan fingerprint density at radius 1 is 1.43 bits per heavy atom. The zero-order valence-corrected chi connectivity index (χ0v) is 13.2. The molecule has 1 aromatic rings. The lowest BCUT2D eigenvalue weighted by atomic mass is 9.97. The highest BCUT2D eigenvalue weighted by atomic mass is 79.9. The molecule has 1 aliphatic heterocycles. The van der Waals surface area contributed by atoms with E-state index >= 15 is 0 Å². The molecule has 2 rings (SSSR count). The number of rotatable bonds is 4. The average molecular weight is 355 g/mol. The monoisotopic (exact) mass is 354 g/mol. The maximum atomic E-state index is 11.5. The van der Waals surface area contributed by atoms with E-state index in [2.05, 4.69) is 26.3 Å². The van der Waals surface area contributed by atoms with Crippen molar-refractivity contribution in [2.24, 2.45) is 17.5 Å². The van der Waals surface area contributed by atoms with E-state index in [1.165, 1.54) is 0 Å². The van der Waals surface area contributed by atoms with Crippen LogP contribution in [0.5, 0.6) is 0 Å². The molecular weight excluding hydrogens is 336 g/mol. The quantitative estimate of drug-likeness (QED) is 0.421. The van der Waals surface area contributed by atoms with E-state index in [0.29, 0.717) is 12.1 Å². The Morgan fingerprint density at radius 3 is 2.81 bits per heavy atom. The fraction of sp³-hybridized carbons (Fsp3) is 0.429. The van der Waals surface area contributed by atoms with E-state index in [9.17, 15) is 9.59 Å². The smallest absolute Gasteiger partial charge is 0.265 e. The van der Waals surface area contributed by atoms with Crippen LogP contribution in [0.3, 0.4) is 0 Å². The molecule has 0 aliphatic carbocycles. The van der Waals surface area contributed by atoms with Crippen molar-refractivity contribution < 1.29 is 9.59 Å². The number of carbonyl (C=O) groups is 2. The molecule has 1 heterocycles. The summed E-state index contributed by atoms with van der Waals surface area (Å²) in [6.45, 7) is 2.35. The van der Waals surface area contributed by atoms with Gasteiger partial charge in [-0.2, -0.15) is 0 Å². The molecule has 1 atom stereocenters. The number of likely N-dealkylation sites (tertiary alicyclic amines) is 1. The van der Waals surface area contributed by atoms with Crippen LogP contribution in [-0.2, 0) is 11.3 Å². The van der Waals surface area contributed by atoms with Gasteiger partial charge in [0.2, 0.25) is 5.91 Å². The number of nitrogens with two attached hydrogens (primary N) is 2. The van der Waals surface area contributed by atoms with Crippen molar-refractivity contribution >= 4 is 27.7 Å². The predicted molar refractivity (Wildman–Crippen MR) is 83.0 cm³/mol. The standard InChI is InChI=1S/C14H19BrN4O2/c15-12-6-9(14(21)18-17)3-4-10(12)7-19-5-1-2-11(8-19)13(16)20/h3-4,6,11H,1-2,5,7-8,17H2,(H2,16,20)(H,18,21). The van der Waals surface area contributed by atoms with Gasteiger partial charge in [-0.15, -0.1) is 0 Å². The number of hydrazine groups is 1. The SMILES string of the molecule is NNC(=O)c1ccc(CN2CCCC(C(N)=O)C2)c(Br)c1. The number of carbonyl (C=O) groups excluding carboxylic acids is 2. The van der Waals surface area contributed by atoms with Gasteiger partial charge in [-0.3, -0.25) is 19.9 Å². The molecule has 114 valence electrons. The van der Waals surface area contributed by atoms with E-state index in [0.717, 1.165) is 36.0 Å². The van der Waals surface area contributed by atoms with Gasteiger partial charge < -0.3 is 5.73 Å². The molecular formula is C14H19BrN4O2. The van der Waals surface area contributed by atoms with Crippen LogP contribution in [0, 0.1) is 5.92 Å². The summed E-state index contributed by atoms with van der Waals surface area (Å²) < 4.78 is 0.852. The van der Waals surface area contributed by atoms with E-state index in [1.807, 2.05) is 6.07 Å². The van der Waals surface area contributed by atoms with Crippen LogP contribution < -0.4 is 17.0 Å². The van der Waals surface area contributed by atoms with Crippen LogP contribution in [-0.4, -0.2) is 29.8 Å². The van der Waals surface area contributed by atoms with Crippen molar-refractivity contribution in [2.75, 3.05) is 13.1 Å². The summed E-state index contributed by atoms with van der Waals surface area (Å²) in [5.41, 5.74) is 9.06. The van der Waals surface area contributed by atoms with E-state index < -0.39 is 0 Å². The zero-order chi connectivity index (χ0) is 15.4. The molecule has 1 saturated heterocycles. The Hall–Kier alpha value is -1.44. The van der Waals surface area contributed by atoms with Crippen LogP contribution in [0.25, 0.3) is 0 Å². The summed E-state index contributed by atoms with van der Waals surface area (Å²) in [4.78, 5) is 25.0. The highest BCUT2D eigenvalue weighted by molar-refractivity contribution is 9.10. The largest absolute Gasteiger partial charge is 0.369 e. The molecule has 1 unspecified atom stereocenters. The molecule has 0 bridgehead atoms. The first kappa shape index (κ1) is 15.9. The number of piperidine rings is 1. The Bertz CT molecular complexity index is 550. The van der Waals surface area contributed by atoms with Gasteiger partial charge in [-0.25, -0.2) is 5.84 Å². The molecule has 5 N–H and O–H groups in total. The van der Waals surface area contributed by atoms with Crippen LogP contribution in [0.15, 0.2) is 22.7 Å². The van der Waals surface area contributed by atoms with Gasteiger partial charge in [0.25, 0.3) is 5.91 Å². The zero-order valence-electron chi connectivity index (χ0n) is 11.6. The summed E-state index contributed by atoms with van der Waals surface area (Å²) in [6, 6.07) is 5.37. The van der Waals surface area contributed by atoms with Gasteiger partial charge in [0.05, 0.1) is 5.92 Å². The van der Waals surface area contributed by atoms with Crippen molar-refractivity contribution in [3.63, 3.8) is 0 Å². The number of halogens is 1. The summed E-state index contributed by atoms with van der Waals surface area (Å²) in [7, 11) is 0. The van der Waals surface area contributed by atoms with Crippen molar-refractivity contribution in [1.29, 1.82) is 0 Å². The molecule has 21 heavy (non-hydrogen) atoms. The fourth-order valence-electron chi connectivity index (χ4n) is 2.57. The van der Waals surface area contributed by atoms with Gasteiger partial charge in [0, 0.05) is 23.1 Å². The highest BCUT2D eigenvalue weighted by Crippen LogP contribution is 2.23. The summed E-state index contributed by atoms with van der Waals surface area (Å²) in [5, 5.41) is 0. The van der Waals surface area contributed by atoms with Crippen molar-refractivity contribution in [3.05, 3.63) is 33.8 Å². The van der Waals surface area contributed by atoms with Crippen molar-refractivity contribution in [3.8, 4) is 0 Å². The normalized spacial score (nSPS) is 19.2. The maximum Gasteiger partial charge on any atom is 0.265 e. The van der Waals surface area contributed by atoms with Crippen molar-refractivity contribution in [1.82, 2.24) is 10.3 Å². The number of nitrogen functional groups attached to an aromatic ring is 1. The second-order valence-corrected chi connectivity index (χ2v) is 6.11. The van der Waals surface area contributed by atoms with Gasteiger partial charge in [-0.05, 0) is 37.1 Å². The summed E-state index contributed by atoms with van der Waals surface area (Å²) in [6.07, 6.45) is 1.83. The lowest BCUT2D eigenvalue weighted by molar-refractivity contribution is -0.123. The minimum absolute atomic E-state index is 0.0696. The number of primary amides is 1. The molecule has 0 spiro atoms. The van der Waals surface area contributed by atoms with Crippen LogP contribution in [0.1, 0.15) is 28.8 Å². The van der Waals surface area contributed by atoms with Gasteiger partial charge >= 0.3 is 0 Å². The van der Waals surface area contributed by atoms with Crippen LogP contribution in [0.4, 0.5) is 0 Å². The summed E-state index contributed by atoms with van der Waals surface area (Å²) >= 11 is 3.48. The number of nitrogens with zero attached hydrogens (tertiary/aromatic N) is 1.